The summed E-state index contributed by atoms with van der Waals surface area (Å²) in [6.45, 7) is 6.05. The van der Waals surface area contributed by atoms with E-state index in [2.05, 4.69) is 32.5 Å². The first kappa shape index (κ1) is 27.5. The van der Waals surface area contributed by atoms with Crippen LogP contribution in [-0.2, 0) is 0 Å². The lowest BCUT2D eigenvalue weighted by Gasteiger charge is -2.37. The molecule has 2 atom stereocenters. The molecule has 2 aromatic rings. The van der Waals surface area contributed by atoms with Gasteiger partial charge in [-0.3, -0.25) is 9.78 Å². The molecule has 4 heterocycles. The molecule has 0 bridgehead atoms. The lowest BCUT2D eigenvalue weighted by Crippen LogP contribution is -2.42. The van der Waals surface area contributed by atoms with Gasteiger partial charge in [0.05, 0.1) is 34.6 Å². The van der Waals surface area contributed by atoms with Crippen LogP contribution in [0.4, 0.5) is 23.0 Å². The Hall–Kier alpha value is -2.52. The fourth-order valence-corrected chi connectivity index (χ4v) is 5.67. The molecule has 0 aliphatic carbocycles. The van der Waals surface area contributed by atoms with E-state index in [0.29, 0.717) is 49.5 Å². The standard InChI is InChI=1S/C27H42ClN7O2/c1-3-4-5-6-7-8-9-10-21-19(28)17-31-25-23(24(29)33-35(21)25)26(36)32-20-18-30-14-11-22(20)34-15-12-27(2,37)13-16-34/h11,14,18-19,21,31,37H,3-10,12-13,15-17H2,1-2H3,(H2,29,33)(H,32,36). The fourth-order valence-electron chi connectivity index (χ4n) is 5.36. The van der Waals surface area contributed by atoms with Crippen molar-refractivity contribution >= 4 is 40.5 Å². The molecule has 2 aromatic heterocycles. The number of piperidine rings is 1. The number of nitrogens with two attached hydrogens (primary N) is 1. The topological polar surface area (TPSA) is 121 Å². The molecule has 10 heteroatoms. The summed E-state index contributed by atoms with van der Waals surface area (Å²) < 4.78 is 1.82. The van der Waals surface area contributed by atoms with Crippen molar-refractivity contribution in [3.05, 3.63) is 24.0 Å². The highest BCUT2D eigenvalue weighted by Crippen LogP contribution is 2.37. The van der Waals surface area contributed by atoms with Crippen molar-refractivity contribution in [3.8, 4) is 0 Å². The summed E-state index contributed by atoms with van der Waals surface area (Å²) in [7, 11) is 0. The number of nitrogen functional groups attached to an aromatic ring is 1. The van der Waals surface area contributed by atoms with E-state index in [1.165, 1.54) is 38.5 Å². The molecule has 2 aliphatic rings. The van der Waals surface area contributed by atoms with Crippen LogP contribution in [0.1, 0.15) is 94.5 Å². The van der Waals surface area contributed by atoms with Crippen LogP contribution in [-0.4, -0.2) is 56.4 Å². The molecular formula is C27H42ClN7O2. The normalized spacial score (nSPS) is 20.8. The third-order valence-electron chi connectivity index (χ3n) is 7.69. The number of nitrogens with one attached hydrogen (secondary N) is 2. The molecule has 0 radical (unpaired) electrons. The summed E-state index contributed by atoms with van der Waals surface area (Å²) in [5, 5.41) is 21.0. The van der Waals surface area contributed by atoms with Gasteiger partial charge in [0, 0.05) is 25.8 Å². The van der Waals surface area contributed by atoms with Crippen molar-refractivity contribution in [3.63, 3.8) is 0 Å². The number of alkyl halides is 1. The first-order valence-corrected chi connectivity index (χ1v) is 14.2. The van der Waals surface area contributed by atoms with Gasteiger partial charge in [0.25, 0.3) is 5.91 Å². The number of carbonyl (C=O) groups is 1. The van der Waals surface area contributed by atoms with Crippen LogP contribution < -0.4 is 21.3 Å². The Balaban J connectivity index is 1.44. The Labute approximate surface area is 225 Å². The van der Waals surface area contributed by atoms with E-state index < -0.39 is 5.60 Å². The van der Waals surface area contributed by atoms with Gasteiger partial charge in [0.15, 0.2) is 5.82 Å². The van der Waals surface area contributed by atoms with E-state index in [0.717, 1.165) is 18.5 Å². The summed E-state index contributed by atoms with van der Waals surface area (Å²) in [6.07, 6.45) is 14.2. The van der Waals surface area contributed by atoms with Gasteiger partial charge in [-0.15, -0.1) is 11.6 Å². The Morgan fingerprint density at radius 2 is 1.95 bits per heavy atom. The van der Waals surface area contributed by atoms with Gasteiger partial charge in [0.2, 0.25) is 0 Å². The average molecular weight is 532 g/mol. The summed E-state index contributed by atoms with van der Waals surface area (Å²) in [5.74, 6) is 0.487. The van der Waals surface area contributed by atoms with Gasteiger partial charge in [-0.2, -0.15) is 5.10 Å². The molecule has 0 spiro atoms. The van der Waals surface area contributed by atoms with Crippen molar-refractivity contribution in [2.75, 3.05) is 40.9 Å². The number of anilines is 4. The number of unbranched alkanes of at least 4 members (excludes halogenated alkanes) is 6. The zero-order valence-electron chi connectivity index (χ0n) is 22.2. The second kappa shape index (κ2) is 12.3. The number of halogens is 1. The van der Waals surface area contributed by atoms with Crippen molar-refractivity contribution in [2.45, 2.75) is 95.1 Å². The van der Waals surface area contributed by atoms with E-state index in [1.54, 1.807) is 12.4 Å². The predicted octanol–water partition coefficient (Wildman–Crippen LogP) is 5.18. The quantitative estimate of drug-likeness (QED) is 0.233. The van der Waals surface area contributed by atoms with Gasteiger partial charge in [-0.1, -0.05) is 51.9 Å². The van der Waals surface area contributed by atoms with Gasteiger partial charge in [-0.25, -0.2) is 4.68 Å². The van der Waals surface area contributed by atoms with Crippen molar-refractivity contribution in [2.24, 2.45) is 0 Å². The number of aliphatic hydroxyl groups is 1. The van der Waals surface area contributed by atoms with Crippen molar-refractivity contribution in [1.82, 2.24) is 14.8 Å². The zero-order valence-corrected chi connectivity index (χ0v) is 22.9. The minimum Gasteiger partial charge on any atom is -0.390 e. The Bertz CT molecular complexity index is 1050. The molecule has 0 aromatic carbocycles. The van der Waals surface area contributed by atoms with E-state index >= 15 is 0 Å². The first-order valence-electron chi connectivity index (χ1n) is 13.8. The maximum absolute atomic E-state index is 13.5. The molecule has 4 rings (SSSR count). The van der Waals surface area contributed by atoms with Crippen LogP contribution in [0.15, 0.2) is 18.5 Å². The summed E-state index contributed by atoms with van der Waals surface area (Å²) in [4.78, 5) is 19.9. The predicted molar refractivity (Wildman–Crippen MR) is 151 cm³/mol. The van der Waals surface area contributed by atoms with Gasteiger partial charge < -0.3 is 26.4 Å². The third-order valence-corrected chi connectivity index (χ3v) is 8.14. The summed E-state index contributed by atoms with van der Waals surface area (Å²) >= 11 is 6.69. The van der Waals surface area contributed by atoms with Crippen LogP contribution >= 0.6 is 11.6 Å². The molecule has 5 N–H and O–H groups in total. The van der Waals surface area contributed by atoms with Crippen LogP contribution in [0, 0.1) is 0 Å². The molecular weight excluding hydrogens is 490 g/mol. The third kappa shape index (κ3) is 6.68. The number of carbonyl (C=O) groups excluding carboxylic acids is 1. The molecule has 2 aliphatic heterocycles. The summed E-state index contributed by atoms with van der Waals surface area (Å²) in [6, 6.07) is 1.88. The molecule has 37 heavy (non-hydrogen) atoms. The Morgan fingerprint density at radius 3 is 2.68 bits per heavy atom. The number of pyridine rings is 1. The minimum absolute atomic E-state index is 0.00694. The number of rotatable bonds is 11. The Kier molecular flexibility index (Phi) is 9.18. The number of fused-ring (bicyclic) bond motifs is 1. The highest BCUT2D eigenvalue weighted by Gasteiger charge is 2.34. The zero-order chi connectivity index (χ0) is 26.4. The average Bonchev–Trinajstić information content (AvgIpc) is 3.21. The SMILES string of the molecule is CCCCCCCCCC1C(Cl)CNc2c(C(=O)Nc3cnccc3N3CCC(C)(O)CC3)c(N)nn21. The number of hydrogen-bond acceptors (Lipinski definition) is 7. The maximum Gasteiger partial charge on any atom is 0.263 e. The monoisotopic (exact) mass is 531 g/mol. The summed E-state index contributed by atoms with van der Waals surface area (Å²) in [5.41, 5.74) is 7.46. The molecule has 1 saturated heterocycles. The first-order chi connectivity index (χ1) is 17.8. The number of hydrogen-bond donors (Lipinski definition) is 4. The minimum atomic E-state index is -0.657. The van der Waals surface area contributed by atoms with E-state index in [-0.39, 0.29) is 23.1 Å². The van der Waals surface area contributed by atoms with Crippen LogP contribution in [0.3, 0.4) is 0 Å². The molecule has 9 nitrogen and oxygen atoms in total. The van der Waals surface area contributed by atoms with Gasteiger partial charge in [-0.05, 0) is 32.3 Å². The maximum atomic E-state index is 13.5. The molecule has 204 valence electrons. The highest BCUT2D eigenvalue weighted by molar-refractivity contribution is 6.21. The highest BCUT2D eigenvalue weighted by atomic mass is 35.5. The Morgan fingerprint density at radius 1 is 1.24 bits per heavy atom. The van der Waals surface area contributed by atoms with Crippen molar-refractivity contribution < 1.29 is 9.90 Å². The number of aromatic nitrogens is 3. The fraction of sp³-hybridized carbons (Fsp3) is 0.667. The smallest absolute Gasteiger partial charge is 0.263 e. The number of amides is 1. The van der Waals surface area contributed by atoms with Gasteiger partial charge >= 0.3 is 0 Å². The lowest BCUT2D eigenvalue weighted by molar-refractivity contribution is 0.0351. The number of nitrogens with zero attached hydrogens (tertiary/aromatic N) is 4. The largest absolute Gasteiger partial charge is 0.390 e. The van der Waals surface area contributed by atoms with Crippen LogP contribution in [0.5, 0.6) is 0 Å². The second-order valence-corrected chi connectivity index (χ2v) is 11.3. The van der Waals surface area contributed by atoms with E-state index in [4.69, 9.17) is 17.3 Å². The lowest BCUT2D eigenvalue weighted by atomic mass is 9.93. The second-order valence-electron chi connectivity index (χ2n) is 10.8. The van der Waals surface area contributed by atoms with Gasteiger partial charge in [0.1, 0.15) is 11.4 Å². The molecule has 1 fully saturated rings. The molecule has 2 unspecified atom stereocenters. The van der Waals surface area contributed by atoms with E-state index in [1.807, 2.05) is 17.7 Å². The van der Waals surface area contributed by atoms with E-state index in [9.17, 15) is 9.90 Å². The molecule has 1 amide bonds. The van der Waals surface area contributed by atoms with Crippen LogP contribution in [0.25, 0.3) is 0 Å². The van der Waals surface area contributed by atoms with Crippen molar-refractivity contribution in [1.29, 1.82) is 0 Å². The molecule has 0 saturated carbocycles. The van der Waals surface area contributed by atoms with Crippen LogP contribution in [0.2, 0.25) is 0 Å².